The molecule has 1 aromatic carbocycles. The molecular formula is C17H12F6N4O2. The molecule has 0 radical (unpaired) electrons. The van der Waals surface area contributed by atoms with Crippen LogP contribution in [0.3, 0.4) is 0 Å². The van der Waals surface area contributed by atoms with Crippen molar-refractivity contribution < 1.29 is 35.8 Å². The second-order valence-corrected chi connectivity index (χ2v) is 5.64. The summed E-state index contributed by atoms with van der Waals surface area (Å²) in [5.41, 5.74) is -0.632. The molecule has 0 aliphatic heterocycles. The van der Waals surface area contributed by atoms with Crippen molar-refractivity contribution in [1.29, 1.82) is 0 Å². The SMILES string of the molecule is CCc1cnc(-n2cnc(C(F)(F)F)c2)nc1Oc1cccc(OC(F)(F)F)c1. The normalized spacial score (nSPS) is 12.1. The number of aryl methyl sites for hydroxylation is 1. The van der Waals surface area contributed by atoms with Crippen molar-refractivity contribution in [2.75, 3.05) is 0 Å². The molecule has 3 aromatic rings. The number of ether oxygens (including phenoxy) is 2. The van der Waals surface area contributed by atoms with Gasteiger partial charge in [-0.25, -0.2) is 9.97 Å². The van der Waals surface area contributed by atoms with Crippen LogP contribution < -0.4 is 9.47 Å². The van der Waals surface area contributed by atoms with E-state index in [9.17, 15) is 26.3 Å². The number of benzene rings is 1. The Kier molecular flexibility index (Phi) is 5.36. The van der Waals surface area contributed by atoms with E-state index in [0.29, 0.717) is 18.2 Å². The number of halogens is 6. The summed E-state index contributed by atoms with van der Waals surface area (Å²) in [5.74, 6) is -0.675. The Bertz CT molecular complexity index is 1000. The Morgan fingerprint density at radius 1 is 1.03 bits per heavy atom. The van der Waals surface area contributed by atoms with E-state index in [-0.39, 0.29) is 17.6 Å². The zero-order valence-electron chi connectivity index (χ0n) is 14.6. The predicted molar refractivity (Wildman–Crippen MR) is 86.7 cm³/mol. The summed E-state index contributed by atoms with van der Waals surface area (Å²) in [6, 6.07) is 4.77. The van der Waals surface area contributed by atoms with Crippen molar-refractivity contribution in [2.24, 2.45) is 0 Å². The summed E-state index contributed by atoms with van der Waals surface area (Å²) in [5, 5.41) is 0. The fraction of sp³-hybridized carbons (Fsp3) is 0.235. The van der Waals surface area contributed by atoms with E-state index < -0.39 is 24.0 Å². The number of hydrogen-bond acceptors (Lipinski definition) is 5. The van der Waals surface area contributed by atoms with Crippen LogP contribution in [0.2, 0.25) is 0 Å². The summed E-state index contributed by atoms with van der Waals surface area (Å²) in [7, 11) is 0. The standard InChI is InChI=1S/C17H12F6N4O2/c1-2-10-7-24-15(27-8-13(25-9-27)16(18,19)20)26-14(10)28-11-4-3-5-12(6-11)29-17(21,22)23/h3-9H,2H2,1H3. The second kappa shape index (κ2) is 7.60. The molecule has 6 nitrogen and oxygen atoms in total. The summed E-state index contributed by atoms with van der Waals surface area (Å²) >= 11 is 0. The van der Waals surface area contributed by atoms with E-state index in [4.69, 9.17) is 4.74 Å². The zero-order chi connectivity index (χ0) is 21.2. The summed E-state index contributed by atoms with van der Waals surface area (Å²) < 4.78 is 85.6. The predicted octanol–water partition coefficient (Wildman–Crippen LogP) is 4.93. The van der Waals surface area contributed by atoms with Gasteiger partial charge in [-0.15, -0.1) is 13.2 Å². The number of aromatic nitrogens is 4. The lowest BCUT2D eigenvalue weighted by Gasteiger charge is -2.12. The second-order valence-electron chi connectivity index (χ2n) is 5.64. The average molecular weight is 418 g/mol. The van der Waals surface area contributed by atoms with Gasteiger partial charge in [0.2, 0.25) is 11.8 Å². The first kappa shape index (κ1) is 20.4. The quantitative estimate of drug-likeness (QED) is 0.550. The van der Waals surface area contributed by atoms with E-state index in [2.05, 4.69) is 19.7 Å². The van der Waals surface area contributed by atoms with Crippen LogP contribution in [0, 0.1) is 0 Å². The van der Waals surface area contributed by atoms with E-state index >= 15 is 0 Å². The molecule has 0 saturated carbocycles. The first-order valence-corrected chi connectivity index (χ1v) is 8.06. The minimum Gasteiger partial charge on any atom is -0.438 e. The lowest BCUT2D eigenvalue weighted by atomic mass is 10.2. The number of hydrogen-bond donors (Lipinski definition) is 0. The van der Waals surface area contributed by atoms with E-state index in [0.717, 1.165) is 23.0 Å². The third kappa shape index (κ3) is 5.15. The number of alkyl halides is 6. The first-order valence-electron chi connectivity index (χ1n) is 8.06. The van der Waals surface area contributed by atoms with Gasteiger partial charge >= 0.3 is 12.5 Å². The highest BCUT2D eigenvalue weighted by Crippen LogP contribution is 2.31. The highest BCUT2D eigenvalue weighted by molar-refractivity contribution is 5.38. The fourth-order valence-corrected chi connectivity index (χ4v) is 2.26. The van der Waals surface area contributed by atoms with Gasteiger partial charge in [-0.2, -0.15) is 18.2 Å². The van der Waals surface area contributed by atoms with Gasteiger partial charge in [0, 0.05) is 24.0 Å². The molecule has 2 aromatic heterocycles. The van der Waals surface area contributed by atoms with Crippen LogP contribution in [-0.4, -0.2) is 25.9 Å². The van der Waals surface area contributed by atoms with Crippen molar-refractivity contribution in [2.45, 2.75) is 25.9 Å². The molecule has 0 amide bonds. The topological polar surface area (TPSA) is 62.1 Å². The van der Waals surface area contributed by atoms with Gasteiger partial charge in [0.1, 0.15) is 17.8 Å². The zero-order valence-corrected chi connectivity index (χ0v) is 14.6. The maximum Gasteiger partial charge on any atom is 0.573 e. The van der Waals surface area contributed by atoms with Crippen LogP contribution >= 0.6 is 0 Å². The monoisotopic (exact) mass is 418 g/mol. The number of imidazole rings is 1. The van der Waals surface area contributed by atoms with E-state index in [1.807, 2.05) is 0 Å². The molecule has 154 valence electrons. The van der Waals surface area contributed by atoms with Gasteiger partial charge in [0.05, 0.1) is 0 Å². The largest absolute Gasteiger partial charge is 0.573 e. The van der Waals surface area contributed by atoms with E-state index in [1.165, 1.54) is 18.3 Å². The number of nitrogens with zero attached hydrogens (tertiary/aromatic N) is 4. The van der Waals surface area contributed by atoms with Crippen molar-refractivity contribution >= 4 is 0 Å². The Morgan fingerprint density at radius 2 is 1.76 bits per heavy atom. The maximum absolute atomic E-state index is 12.7. The van der Waals surface area contributed by atoms with Gasteiger partial charge in [0.15, 0.2) is 5.69 Å². The number of rotatable bonds is 5. The molecule has 0 aliphatic rings. The van der Waals surface area contributed by atoms with Gasteiger partial charge in [-0.3, -0.25) is 4.57 Å². The van der Waals surface area contributed by atoms with Crippen molar-refractivity contribution in [3.8, 4) is 23.3 Å². The first-order chi connectivity index (χ1) is 13.5. The van der Waals surface area contributed by atoms with E-state index in [1.54, 1.807) is 6.92 Å². The molecule has 0 spiro atoms. The third-order valence-corrected chi connectivity index (χ3v) is 3.55. The molecule has 0 aliphatic carbocycles. The Labute approximate surface area is 159 Å². The van der Waals surface area contributed by atoms with Crippen molar-refractivity contribution in [3.63, 3.8) is 0 Å². The van der Waals surface area contributed by atoms with Crippen molar-refractivity contribution in [3.05, 3.63) is 54.2 Å². The maximum atomic E-state index is 12.7. The molecule has 29 heavy (non-hydrogen) atoms. The minimum atomic E-state index is -4.87. The highest BCUT2D eigenvalue weighted by Gasteiger charge is 2.34. The molecule has 0 atom stereocenters. The lowest BCUT2D eigenvalue weighted by molar-refractivity contribution is -0.274. The van der Waals surface area contributed by atoms with Crippen LogP contribution in [0.1, 0.15) is 18.2 Å². The highest BCUT2D eigenvalue weighted by atomic mass is 19.4. The molecule has 0 N–H and O–H groups in total. The molecule has 3 rings (SSSR count). The Balaban J connectivity index is 1.90. The molecule has 2 heterocycles. The van der Waals surface area contributed by atoms with Crippen LogP contribution in [0.4, 0.5) is 26.3 Å². The van der Waals surface area contributed by atoms with Crippen molar-refractivity contribution in [1.82, 2.24) is 19.5 Å². The lowest BCUT2D eigenvalue weighted by Crippen LogP contribution is -2.17. The molecule has 0 fully saturated rings. The Morgan fingerprint density at radius 3 is 2.38 bits per heavy atom. The molecule has 0 saturated heterocycles. The third-order valence-electron chi connectivity index (χ3n) is 3.55. The summed E-state index contributed by atoms with van der Waals surface area (Å²) in [6.07, 6.45) is -6.14. The smallest absolute Gasteiger partial charge is 0.438 e. The average Bonchev–Trinajstić information content (AvgIpc) is 3.11. The Hall–Kier alpha value is -3.31. The van der Waals surface area contributed by atoms with Crippen LogP contribution in [-0.2, 0) is 12.6 Å². The van der Waals surface area contributed by atoms with Crippen LogP contribution in [0.25, 0.3) is 5.95 Å². The summed E-state index contributed by atoms with van der Waals surface area (Å²) in [4.78, 5) is 11.3. The van der Waals surface area contributed by atoms with Gasteiger partial charge < -0.3 is 9.47 Å². The molecular weight excluding hydrogens is 406 g/mol. The van der Waals surface area contributed by atoms with Gasteiger partial charge in [0.25, 0.3) is 0 Å². The van der Waals surface area contributed by atoms with Crippen LogP contribution in [0.5, 0.6) is 17.4 Å². The molecule has 0 bridgehead atoms. The fourth-order valence-electron chi connectivity index (χ4n) is 2.26. The molecule has 0 unspecified atom stereocenters. The molecule has 12 heteroatoms. The van der Waals surface area contributed by atoms with Gasteiger partial charge in [-0.1, -0.05) is 13.0 Å². The minimum absolute atomic E-state index is 0.00675. The van der Waals surface area contributed by atoms with Gasteiger partial charge in [-0.05, 0) is 18.6 Å². The summed E-state index contributed by atoms with van der Waals surface area (Å²) in [6.45, 7) is 1.76. The van der Waals surface area contributed by atoms with Crippen LogP contribution in [0.15, 0.2) is 43.0 Å².